The Morgan fingerprint density at radius 2 is 1.14 bits per heavy atom. The van der Waals surface area contributed by atoms with Crippen molar-refractivity contribution in [3.63, 3.8) is 0 Å². The van der Waals surface area contributed by atoms with Crippen LogP contribution in [0.15, 0.2) is 180 Å². The Hall–Kier alpha value is -7.30. The highest BCUT2D eigenvalue weighted by atomic mass is 16.5. The minimum atomic E-state index is -0.530. The highest BCUT2D eigenvalue weighted by molar-refractivity contribution is 5.91. The fraction of sp³-hybridized carbons (Fsp3) is 0.0566. The van der Waals surface area contributed by atoms with Gasteiger partial charge in [-0.1, -0.05) is 152 Å². The van der Waals surface area contributed by atoms with Crippen molar-refractivity contribution in [3.8, 4) is 67.7 Å². The van der Waals surface area contributed by atoms with Crippen LogP contribution in [0.5, 0.6) is 11.5 Å². The molecule has 3 heterocycles. The van der Waals surface area contributed by atoms with Crippen LogP contribution in [0.2, 0.25) is 0 Å². The average Bonchev–Trinajstić information content (AvgIpc) is 3.80. The van der Waals surface area contributed by atoms with Gasteiger partial charge in [-0.05, 0) is 71.0 Å². The number of hydrogen-bond donors (Lipinski definition) is 0. The van der Waals surface area contributed by atoms with Gasteiger partial charge in [0.2, 0.25) is 0 Å². The summed E-state index contributed by atoms with van der Waals surface area (Å²) >= 11 is 0. The first-order chi connectivity index (χ1) is 28.2. The second-order valence-electron chi connectivity index (χ2n) is 15.1. The third kappa shape index (κ3) is 4.74. The van der Waals surface area contributed by atoms with Crippen LogP contribution < -0.4 is 4.74 Å². The smallest absolute Gasteiger partial charge is 0.160 e. The number of rotatable bonds is 4. The van der Waals surface area contributed by atoms with Gasteiger partial charge in [-0.15, -0.1) is 0 Å². The summed E-state index contributed by atoms with van der Waals surface area (Å²) in [5, 5.41) is 1.17. The van der Waals surface area contributed by atoms with Gasteiger partial charge >= 0.3 is 0 Å². The van der Waals surface area contributed by atoms with E-state index in [1.165, 1.54) is 33.2 Å². The van der Waals surface area contributed by atoms with Crippen LogP contribution in [0.4, 0.5) is 0 Å². The fourth-order valence-corrected chi connectivity index (χ4v) is 9.55. The van der Waals surface area contributed by atoms with Crippen LogP contribution in [-0.2, 0) is 11.8 Å². The number of benzene rings is 7. The number of furan rings is 1. The van der Waals surface area contributed by atoms with Crippen LogP contribution in [-0.4, -0.2) is 9.97 Å². The van der Waals surface area contributed by atoms with Gasteiger partial charge in [-0.25, -0.2) is 9.97 Å². The zero-order valence-corrected chi connectivity index (χ0v) is 30.9. The molecule has 268 valence electrons. The first kappa shape index (κ1) is 32.0. The van der Waals surface area contributed by atoms with E-state index in [9.17, 15) is 0 Å². The number of ether oxygens (including phenoxy) is 1. The third-order valence-corrected chi connectivity index (χ3v) is 12.1. The SMILES string of the molecule is C1=Cc2oc3cc(-c4cc(-c5ccccc5)nc(-c5cccc(-c6cccc7c6Oc6ccccc6C76c7ccccc7-c7ccccc76)c5)n4)ccc3c2CC1. The van der Waals surface area contributed by atoms with E-state index in [0.29, 0.717) is 5.82 Å². The van der Waals surface area contributed by atoms with Gasteiger partial charge in [0.25, 0.3) is 0 Å². The summed E-state index contributed by atoms with van der Waals surface area (Å²) in [7, 11) is 0. The highest BCUT2D eigenvalue weighted by Gasteiger charge is 2.51. The largest absolute Gasteiger partial charge is 0.456 e. The first-order valence-corrected chi connectivity index (χ1v) is 19.6. The van der Waals surface area contributed by atoms with E-state index >= 15 is 0 Å². The lowest BCUT2D eigenvalue weighted by molar-refractivity contribution is 0.438. The Morgan fingerprint density at radius 1 is 0.491 bits per heavy atom. The maximum Gasteiger partial charge on any atom is 0.160 e. The molecule has 0 N–H and O–H groups in total. The molecule has 57 heavy (non-hydrogen) atoms. The van der Waals surface area contributed by atoms with E-state index in [4.69, 9.17) is 19.1 Å². The van der Waals surface area contributed by atoms with Crippen LogP contribution in [0.3, 0.4) is 0 Å². The van der Waals surface area contributed by atoms with Crippen LogP contribution in [0.1, 0.15) is 40.0 Å². The molecule has 0 unspecified atom stereocenters. The molecule has 0 bridgehead atoms. The maximum absolute atomic E-state index is 7.00. The van der Waals surface area contributed by atoms with Crippen molar-refractivity contribution in [2.24, 2.45) is 0 Å². The second kappa shape index (κ2) is 12.4. The number of aryl methyl sites for hydroxylation is 1. The van der Waals surface area contributed by atoms with Crippen molar-refractivity contribution >= 4 is 17.0 Å². The van der Waals surface area contributed by atoms with Crippen LogP contribution in [0.25, 0.3) is 73.2 Å². The topological polar surface area (TPSA) is 48.2 Å². The summed E-state index contributed by atoms with van der Waals surface area (Å²) < 4.78 is 13.3. The standard InChI is InChI=1S/C53H34N2O2/c1-2-14-33(15-3-1)46-32-47(35-28-29-41-40-20-6-10-26-48(40)56-50(41)31-35)55-52(54-46)36-17-12-16-34(30-36)37-21-13-25-45-51(37)57-49-27-11-9-24-44(49)53(45)42-22-7-4-18-38(42)39-19-5-8-23-43(39)53/h1-5,7-19,21-32H,6,20H2. The minimum absolute atomic E-state index is 0.530. The molecule has 0 fully saturated rings. The summed E-state index contributed by atoms with van der Waals surface area (Å²) in [6, 6.07) is 60.3. The molecule has 2 aliphatic carbocycles. The average molecular weight is 731 g/mol. The van der Waals surface area contributed by atoms with E-state index in [-0.39, 0.29) is 0 Å². The third-order valence-electron chi connectivity index (χ3n) is 12.1. The van der Waals surface area contributed by atoms with Crippen LogP contribution >= 0.6 is 0 Å². The normalized spacial score (nSPS) is 14.0. The van der Waals surface area contributed by atoms with E-state index in [1.807, 2.05) is 6.07 Å². The molecule has 12 rings (SSSR count). The van der Waals surface area contributed by atoms with Gasteiger partial charge in [0.15, 0.2) is 5.82 Å². The molecule has 0 saturated carbocycles. The Bertz CT molecular complexity index is 3070. The van der Waals surface area contributed by atoms with Gasteiger partial charge in [-0.3, -0.25) is 0 Å². The van der Waals surface area contributed by atoms with Gasteiger partial charge in [0, 0.05) is 44.3 Å². The molecule has 7 aromatic carbocycles. The molecule has 0 radical (unpaired) electrons. The Balaban J connectivity index is 1.03. The number of para-hydroxylation sites is 2. The summed E-state index contributed by atoms with van der Waals surface area (Å²) in [4.78, 5) is 10.4. The van der Waals surface area contributed by atoms with E-state index in [0.717, 1.165) is 86.0 Å². The van der Waals surface area contributed by atoms with Crippen LogP contribution in [0, 0.1) is 0 Å². The molecular weight excluding hydrogens is 697 g/mol. The van der Waals surface area contributed by atoms with Crippen molar-refractivity contribution < 1.29 is 9.15 Å². The molecule has 2 aromatic heterocycles. The number of aromatic nitrogens is 2. The molecule has 4 nitrogen and oxygen atoms in total. The molecule has 0 amide bonds. The predicted octanol–water partition coefficient (Wildman–Crippen LogP) is 13.3. The van der Waals surface area contributed by atoms with E-state index in [1.54, 1.807) is 0 Å². The lowest BCUT2D eigenvalue weighted by Gasteiger charge is -2.40. The van der Waals surface area contributed by atoms with Crippen molar-refractivity contribution in [2.45, 2.75) is 18.3 Å². The summed E-state index contributed by atoms with van der Waals surface area (Å²) in [6.07, 6.45) is 6.31. The quantitative estimate of drug-likeness (QED) is 0.181. The molecule has 1 spiro atoms. The van der Waals surface area contributed by atoms with Crippen molar-refractivity contribution in [1.82, 2.24) is 9.97 Å². The summed E-state index contributed by atoms with van der Waals surface area (Å²) in [5.74, 6) is 3.35. The Labute approximate surface area is 330 Å². The lowest BCUT2D eigenvalue weighted by atomic mass is 9.65. The molecule has 0 saturated heterocycles. The zero-order chi connectivity index (χ0) is 37.5. The van der Waals surface area contributed by atoms with Crippen molar-refractivity contribution in [2.75, 3.05) is 0 Å². The molecule has 1 aliphatic heterocycles. The molecule has 0 atom stereocenters. The van der Waals surface area contributed by atoms with Gasteiger partial charge in [0.05, 0.1) is 16.8 Å². The maximum atomic E-state index is 7.00. The van der Waals surface area contributed by atoms with E-state index in [2.05, 4.69) is 176 Å². The number of allylic oxidation sites excluding steroid dienone is 1. The molecular formula is C53H34N2O2. The van der Waals surface area contributed by atoms with E-state index < -0.39 is 5.41 Å². The van der Waals surface area contributed by atoms with Crippen molar-refractivity contribution in [3.05, 3.63) is 210 Å². The number of nitrogens with zero attached hydrogens (tertiary/aromatic N) is 2. The van der Waals surface area contributed by atoms with Gasteiger partial charge < -0.3 is 9.15 Å². The lowest BCUT2D eigenvalue weighted by Crippen LogP contribution is -2.32. The fourth-order valence-electron chi connectivity index (χ4n) is 9.55. The molecule has 3 aliphatic rings. The Kier molecular flexibility index (Phi) is 6.93. The Morgan fingerprint density at radius 3 is 1.96 bits per heavy atom. The minimum Gasteiger partial charge on any atom is -0.456 e. The predicted molar refractivity (Wildman–Crippen MR) is 228 cm³/mol. The van der Waals surface area contributed by atoms with Crippen molar-refractivity contribution in [1.29, 1.82) is 0 Å². The first-order valence-electron chi connectivity index (χ1n) is 19.6. The molecule has 4 heteroatoms. The zero-order valence-electron chi connectivity index (χ0n) is 30.9. The summed E-state index contributed by atoms with van der Waals surface area (Å²) in [5.41, 5.74) is 15.7. The van der Waals surface area contributed by atoms with Gasteiger partial charge in [0.1, 0.15) is 22.8 Å². The molecule has 9 aromatic rings. The number of hydrogen-bond acceptors (Lipinski definition) is 4. The summed E-state index contributed by atoms with van der Waals surface area (Å²) in [6.45, 7) is 0. The highest BCUT2D eigenvalue weighted by Crippen LogP contribution is 2.63. The number of fused-ring (bicyclic) bond motifs is 12. The van der Waals surface area contributed by atoms with Gasteiger partial charge in [-0.2, -0.15) is 0 Å². The second-order valence-corrected chi connectivity index (χ2v) is 15.1. The monoisotopic (exact) mass is 730 g/mol.